The molecule has 0 saturated carbocycles. The van der Waals surface area contributed by atoms with Gasteiger partial charge >= 0.3 is 5.56 Å². The second kappa shape index (κ2) is 3.38. The van der Waals surface area contributed by atoms with Gasteiger partial charge in [0.2, 0.25) is 0 Å². The fraction of sp³-hybridized carbons (Fsp3) is 0.500. The second-order valence-electron chi connectivity index (χ2n) is 2.72. The summed E-state index contributed by atoms with van der Waals surface area (Å²) in [5.41, 5.74) is 0.298. The molecule has 0 atom stereocenters. The number of aryl methyl sites for hydroxylation is 2. The standard InChI is InChI=1S/C8H12N2O2/c1-3-4-6-5-10(2)8(12)7(11)9-6/h5H,3-4H2,1-2H3,(H,9,11). The van der Waals surface area contributed by atoms with Gasteiger partial charge in [-0.15, -0.1) is 0 Å². The quantitative estimate of drug-likeness (QED) is 0.697. The van der Waals surface area contributed by atoms with Crippen LogP contribution in [0.2, 0.25) is 0 Å². The Hall–Kier alpha value is -1.32. The molecule has 4 nitrogen and oxygen atoms in total. The zero-order valence-corrected chi connectivity index (χ0v) is 7.24. The first kappa shape index (κ1) is 8.77. The molecule has 0 aliphatic carbocycles. The van der Waals surface area contributed by atoms with Crippen LogP contribution in [0.15, 0.2) is 11.0 Å². The van der Waals surface area contributed by atoms with Gasteiger partial charge in [-0.05, 0) is 6.42 Å². The molecule has 1 rings (SSSR count). The zero-order chi connectivity index (χ0) is 9.14. The first-order chi connectivity index (χ1) is 5.65. The third-order valence-corrected chi connectivity index (χ3v) is 1.61. The Labute approximate surface area is 70.5 Å². The van der Waals surface area contributed by atoms with Crippen molar-refractivity contribution in [1.29, 1.82) is 0 Å². The van der Waals surface area contributed by atoms with Crippen molar-refractivity contribution in [2.45, 2.75) is 19.8 Å². The molecule has 0 radical (unpaired) electrons. The number of aromatic nitrogens is 2. The maximum absolute atomic E-state index is 11.0. The molecular weight excluding hydrogens is 156 g/mol. The predicted molar refractivity (Wildman–Crippen MR) is 45.1 cm³/mol. The van der Waals surface area contributed by atoms with E-state index in [0.29, 0.717) is 0 Å². The van der Waals surface area contributed by atoms with Crippen LogP contribution >= 0.6 is 0 Å². The van der Waals surface area contributed by atoms with Gasteiger partial charge in [0.1, 0.15) is 0 Å². The van der Waals surface area contributed by atoms with E-state index >= 15 is 0 Å². The predicted octanol–water partition coefficient (Wildman–Crippen LogP) is 0.438. The lowest BCUT2D eigenvalue weighted by atomic mass is 10.3. The van der Waals surface area contributed by atoms with Gasteiger partial charge in [-0.3, -0.25) is 4.79 Å². The Bertz CT molecular complexity index is 304. The van der Waals surface area contributed by atoms with Crippen LogP contribution in [0, 0.1) is 0 Å². The third kappa shape index (κ3) is 1.64. The topological polar surface area (TPSA) is 55.1 Å². The summed E-state index contributed by atoms with van der Waals surface area (Å²) in [6, 6.07) is 0. The molecule has 0 fully saturated rings. The van der Waals surface area contributed by atoms with Crippen LogP contribution in [0.4, 0.5) is 0 Å². The molecule has 12 heavy (non-hydrogen) atoms. The van der Waals surface area contributed by atoms with E-state index in [2.05, 4.69) is 4.98 Å². The highest BCUT2D eigenvalue weighted by Gasteiger charge is 2.02. The highest BCUT2D eigenvalue weighted by atomic mass is 16.3. The average molecular weight is 168 g/mol. The van der Waals surface area contributed by atoms with Crippen LogP contribution in [0.1, 0.15) is 19.0 Å². The molecule has 4 heteroatoms. The Balaban J connectivity index is 3.13. The summed E-state index contributed by atoms with van der Waals surface area (Å²) in [7, 11) is 1.60. The summed E-state index contributed by atoms with van der Waals surface area (Å²) in [6.45, 7) is 2.02. The molecule has 0 aromatic carbocycles. The van der Waals surface area contributed by atoms with E-state index < -0.39 is 11.4 Å². The molecule has 1 aromatic rings. The molecule has 1 heterocycles. The van der Waals surface area contributed by atoms with Gasteiger partial charge < -0.3 is 9.67 Å². The van der Waals surface area contributed by atoms with E-state index in [4.69, 9.17) is 5.11 Å². The molecule has 0 aliphatic rings. The van der Waals surface area contributed by atoms with E-state index in [9.17, 15) is 4.79 Å². The lowest BCUT2D eigenvalue weighted by Gasteiger charge is -2.01. The minimum atomic E-state index is -0.449. The van der Waals surface area contributed by atoms with Crippen molar-refractivity contribution in [2.24, 2.45) is 7.05 Å². The van der Waals surface area contributed by atoms with Gasteiger partial charge in [0.25, 0.3) is 5.88 Å². The average Bonchev–Trinajstić information content (AvgIpc) is 2.01. The van der Waals surface area contributed by atoms with Crippen LogP contribution in [0.5, 0.6) is 5.88 Å². The van der Waals surface area contributed by atoms with Gasteiger partial charge in [-0.25, -0.2) is 4.98 Å². The van der Waals surface area contributed by atoms with Crippen molar-refractivity contribution in [3.63, 3.8) is 0 Å². The molecule has 0 unspecified atom stereocenters. The highest BCUT2D eigenvalue weighted by Crippen LogP contribution is 2.00. The second-order valence-corrected chi connectivity index (χ2v) is 2.72. The summed E-state index contributed by atoms with van der Waals surface area (Å²) in [5.74, 6) is -0.413. The highest BCUT2D eigenvalue weighted by molar-refractivity contribution is 5.08. The summed E-state index contributed by atoms with van der Waals surface area (Å²) in [5, 5.41) is 9.06. The smallest absolute Gasteiger partial charge is 0.312 e. The molecule has 66 valence electrons. The normalized spacial score (nSPS) is 10.2. The van der Waals surface area contributed by atoms with Crippen molar-refractivity contribution in [3.8, 4) is 5.88 Å². The SMILES string of the molecule is CCCc1cn(C)c(=O)c(O)n1. The zero-order valence-electron chi connectivity index (χ0n) is 7.24. The van der Waals surface area contributed by atoms with Crippen molar-refractivity contribution < 1.29 is 5.11 Å². The van der Waals surface area contributed by atoms with Crippen LogP contribution in [-0.2, 0) is 13.5 Å². The maximum Gasteiger partial charge on any atom is 0.312 e. The number of hydrogen-bond donors (Lipinski definition) is 1. The van der Waals surface area contributed by atoms with E-state index in [0.717, 1.165) is 18.5 Å². The summed E-state index contributed by atoms with van der Waals surface area (Å²) < 4.78 is 1.34. The van der Waals surface area contributed by atoms with Gasteiger partial charge in [0.05, 0.1) is 5.69 Å². The Morgan fingerprint density at radius 3 is 2.83 bits per heavy atom. The van der Waals surface area contributed by atoms with Gasteiger partial charge in [-0.2, -0.15) is 0 Å². The number of rotatable bonds is 2. The summed E-state index contributed by atoms with van der Waals surface area (Å²) >= 11 is 0. The largest absolute Gasteiger partial charge is 0.489 e. The van der Waals surface area contributed by atoms with Crippen molar-refractivity contribution in [3.05, 3.63) is 22.2 Å². The lowest BCUT2D eigenvalue weighted by Crippen LogP contribution is -2.17. The molecule has 0 bridgehead atoms. The lowest BCUT2D eigenvalue weighted by molar-refractivity contribution is 0.434. The molecular formula is C8H12N2O2. The fourth-order valence-electron chi connectivity index (χ4n) is 1.03. The number of nitrogens with zero attached hydrogens (tertiary/aromatic N) is 2. The molecule has 0 aliphatic heterocycles. The molecule has 0 amide bonds. The van der Waals surface area contributed by atoms with Gasteiger partial charge in [0.15, 0.2) is 0 Å². The Morgan fingerprint density at radius 1 is 1.67 bits per heavy atom. The van der Waals surface area contributed by atoms with Crippen LogP contribution < -0.4 is 5.56 Å². The fourth-order valence-corrected chi connectivity index (χ4v) is 1.03. The summed E-state index contributed by atoms with van der Waals surface area (Å²) in [4.78, 5) is 14.7. The monoisotopic (exact) mass is 168 g/mol. The first-order valence-electron chi connectivity index (χ1n) is 3.90. The minimum absolute atomic E-state index is 0.413. The van der Waals surface area contributed by atoms with Crippen LogP contribution in [0.25, 0.3) is 0 Å². The van der Waals surface area contributed by atoms with Crippen LogP contribution in [0.3, 0.4) is 0 Å². The number of hydrogen-bond acceptors (Lipinski definition) is 3. The van der Waals surface area contributed by atoms with Crippen molar-refractivity contribution in [2.75, 3.05) is 0 Å². The Morgan fingerprint density at radius 2 is 2.33 bits per heavy atom. The number of aromatic hydroxyl groups is 1. The third-order valence-electron chi connectivity index (χ3n) is 1.61. The summed E-state index contributed by atoms with van der Waals surface area (Å²) in [6.07, 6.45) is 3.37. The Kier molecular flexibility index (Phi) is 2.47. The minimum Gasteiger partial charge on any atom is -0.489 e. The van der Waals surface area contributed by atoms with E-state index in [-0.39, 0.29) is 0 Å². The van der Waals surface area contributed by atoms with Gasteiger partial charge in [0, 0.05) is 13.2 Å². The van der Waals surface area contributed by atoms with Gasteiger partial charge in [-0.1, -0.05) is 13.3 Å². The molecule has 0 saturated heterocycles. The van der Waals surface area contributed by atoms with E-state index in [1.54, 1.807) is 13.2 Å². The van der Waals surface area contributed by atoms with E-state index in [1.165, 1.54) is 4.57 Å². The molecule has 1 aromatic heterocycles. The van der Waals surface area contributed by atoms with Crippen LogP contribution in [-0.4, -0.2) is 14.7 Å². The van der Waals surface area contributed by atoms with Crippen molar-refractivity contribution >= 4 is 0 Å². The first-order valence-corrected chi connectivity index (χ1v) is 3.90. The maximum atomic E-state index is 11.0. The molecule has 0 spiro atoms. The van der Waals surface area contributed by atoms with Crippen molar-refractivity contribution in [1.82, 2.24) is 9.55 Å². The van der Waals surface area contributed by atoms with E-state index in [1.807, 2.05) is 6.92 Å². The molecule has 1 N–H and O–H groups in total.